The molecule has 6 N–H and O–H groups in total. The van der Waals surface area contributed by atoms with Gasteiger partial charge in [-0.2, -0.15) is 0 Å². The predicted octanol–water partition coefficient (Wildman–Crippen LogP) is 4.43. The Balaban J connectivity index is 1.60. The van der Waals surface area contributed by atoms with E-state index in [0.717, 1.165) is 40.2 Å². The normalized spacial score (nSPS) is 20.9. The van der Waals surface area contributed by atoms with E-state index in [0.29, 0.717) is 6.42 Å². The van der Waals surface area contributed by atoms with Gasteiger partial charge in [0.1, 0.15) is 0 Å². The van der Waals surface area contributed by atoms with Gasteiger partial charge in [-0.3, -0.25) is 15.1 Å². The lowest BCUT2D eigenvalue weighted by Crippen LogP contribution is -2.63. The number of amides is 1. The van der Waals surface area contributed by atoms with Gasteiger partial charge in [0.05, 0.1) is 11.5 Å². The second-order valence-electron chi connectivity index (χ2n) is 8.59. The molecule has 1 aromatic heterocycles. The zero-order valence-corrected chi connectivity index (χ0v) is 19.2. The van der Waals surface area contributed by atoms with Gasteiger partial charge in [-0.15, -0.1) is 11.3 Å². The number of nitrogens with one attached hydrogen (secondary N) is 2. The predicted molar refractivity (Wildman–Crippen MR) is 132 cm³/mol. The second kappa shape index (κ2) is 8.67. The molecule has 7 heteroatoms. The van der Waals surface area contributed by atoms with Crippen molar-refractivity contribution in [3.8, 4) is 11.1 Å². The van der Waals surface area contributed by atoms with Crippen LogP contribution in [-0.2, 0) is 16.8 Å². The summed E-state index contributed by atoms with van der Waals surface area (Å²) in [5, 5.41) is 13.7. The minimum atomic E-state index is -0.653. The Kier molecular flexibility index (Phi) is 5.93. The van der Waals surface area contributed by atoms with E-state index in [1.807, 2.05) is 49.4 Å². The fourth-order valence-electron chi connectivity index (χ4n) is 4.39. The largest absolute Gasteiger partial charge is 0.399 e. The summed E-state index contributed by atoms with van der Waals surface area (Å²) in [4.78, 5) is 15.7. The molecule has 32 heavy (non-hydrogen) atoms. The Hall–Kier alpha value is -3.32. The number of nitrogens with two attached hydrogens (primary N) is 2. The highest BCUT2D eigenvalue weighted by molar-refractivity contribution is 7.10. The first kappa shape index (κ1) is 21.9. The third-order valence-corrected chi connectivity index (χ3v) is 7.45. The molecule has 4 rings (SSSR count). The van der Waals surface area contributed by atoms with Crippen molar-refractivity contribution in [1.29, 1.82) is 5.41 Å². The maximum Gasteiger partial charge on any atom is 0.234 e. The molecule has 3 aromatic rings. The summed E-state index contributed by atoms with van der Waals surface area (Å²) in [6, 6.07) is 17.8. The molecule has 1 aliphatic rings. The van der Waals surface area contributed by atoms with Gasteiger partial charge in [0.15, 0.2) is 5.96 Å². The van der Waals surface area contributed by atoms with Crippen molar-refractivity contribution >= 4 is 34.6 Å². The number of hydrogen-bond donors (Lipinski definition) is 4. The molecule has 1 unspecified atom stereocenters. The van der Waals surface area contributed by atoms with Gasteiger partial charge in [0.25, 0.3) is 0 Å². The lowest BCUT2D eigenvalue weighted by molar-refractivity contribution is -0.135. The lowest BCUT2D eigenvalue weighted by Gasteiger charge is -2.45. The molecular weight excluding hydrogens is 418 g/mol. The van der Waals surface area contributed by atoms with E-state index in [1.165, 1.54) is 10.5 Å². The molecule has 2 aromatic carbocycles. The summed E-state index contributed by atoms with van der Waals surface area (Å²) in [6.45, 7) is 2.03. The number of guanidine groups is 1. The molecule has 1 fully saturated rings. The average Bonchev–Trinajstić information content (AvgIpc) is 3.26. The SMILES string of the molecule is CN1C(=N)N[C@](C)(c2cc(-c3cccc(N)c3)cs2)C(CCCc2cccc(N)c2)C1=O. The molecule has 1 aliphatic heterocycles. The van der Waals surface area contributed by atoms with Crippen LogP contribution in [0.1, 0.15) is 30.2 Å². The maximum absolute atomic E-state index is 13.3. The standard InChI is InChI=1S/C25H29N5OS/c1-25(22-14-18(15-32-22)17-8-5-10-20(27)13-17)21(23(31)30(2)24(28)29-25)11-4-7-16-6-3-9-19(26)12-16/h3,5-6,8-10,12-15,21H,4,7,11,26-27H2,1-2H3,(H2,28,29)/t21?,25-/m0/s1. The molecule has 1 saturated heterocycles. The quantitative estimate of drug-likeness (QED) is 0.419. The van der Waals surface area contributed by atoms with Crippen molar-refractivity contribution in [1.82, 2.24) is 10.2 Å². The summed E-state index contributed by atoms with van der Waals surface area (Å²) in [7, 11) is 1.66. The number of anilines is 2. The van der Waals surface area contributed by atoms with Crippen LogP contribution in [0.2, 0.25) is 0 Å². The highest BCUT2D eigenvalue weighted by atomic mass is 32.1. The van der Waals surface area contributed by atoms with Crippen molar-refractivity contribution in [3.05, 3.63) is 70.4 Å². The summed E-state index contributed by atoms with van der Waals surface area (Å²) < 4.78 is 0. The van der Waals surface area contributed by atoms with E-state index in [9.17, 15) is 4.79 Å². The Morgan fingerprint density at radius 3 is 2.53 bits per heavy atom. The number of hydrogen-bond acceptors (Lipinski definition) is 5. The summed E-state index contributed by atoms with van der Waals surface area (Å²) in [5.74, 6) is -0.179. The fourth-order valence-corrected chi connectivity index (χ4v) is 5.48. The first-order chi connectivity index (χ1) is 15.3. The topological polar surface area (TPSA) is 108 Å². The van der Waals surface area contributed by atoms with E-state index in [1.54, 1.807) is 18.4 Å². The molecule has 0 aliphatic carbocycles. The lowest BCUT2D eigenvalue weighted by atomic mass is 9.78. The van der Waals surface area contributed by atoms with Gasteiger partial charge in [0, 0.05) is 23.3 Å². The Bertz CT molecular complexity index is 1160. The summed E-state index contributed by atoms with van der Waals surface area (Å²) in [5.41, 5.74) is 16.0. The zero-order valence-electron chi connectivity index (χ0n) is 18.4. The average molecular weight is 448 g/mol. The first-order valence-electron chi connectivity index (χ1n) is 10.7. The fraction of sp³-hybridized carbons (Fsp3) is 0.280. The number of aryl methyl sites for hydroxylation is 1. The van der Waals surface area contributed by atoms with Crippen molar-refractivity contribution in [2.75, 3.05) is 18.5 Å². The molecule has 2 atom stereocenters. The molecule has 0 spiro atoms. The first-order valence-corrected chi connectivity index (χ1v) is 11.6. The highest BCUT2D eigenvalue weighted by Crippen LogP contribution is 2.41. The Morgan fingerprint density at radius 2 is 1.81 bits per heavy atom. The Morgan fingerprint density at radius 1 is 1.09 bits per heavy atom. The number of carbonyl (C=O) groups is 1. The van der Waals surface area contributed by atoms with Crippen LogP contribution in [0.4, 0.5) is 11.4 Å². The monoisotopic (exact) mass is 447 g/mol. The van der Waals surface area contributed by atoms with Crippen molar-refractivity contribution < 1.29 is 4.79 Å². The molecule has 6 nitrogen and oxygen atoms in total. The third-order valence-electron chi connectivity index (χ3n) is 6.28. The highest BCUT2D eigenvalue weighted by Gasteiger charge is 2.47. The minimum absolute atomic E-state index is 0.0252. The van der Waals surface area contributed by atoms with Gasteiger partial charge in [0.2, 0.25) is 5.91 Å². The van der Waals surface area contributed by atoms with Crippen LogP contribution in [0.3, 0.4) is 0 Å². The van der Waals surface area contributed by atoms with Crippen LogP contribution in [0.15, 0.2) is 60.0 Å². The molecule has 2 heterocycles. The van der Waals surface area contributed by atoms with E-state index in [4.69, 9.17) is 16.9 Å². The molecule has 1 amide bonds. The van der Waals surface area contributed by atoms with Gasteiger partial charge in [-0.25, -0.2) is 0 Å². The van der Waals surface area contributed by atoms with Crippen LogP contribution >= 0.6 is 11.3 Å². The van der Waals surface area contributed by atoms with Crippen molar-refractivity contribution in [3.63, 3.8) is 0 Å². The van der Waals surface area contributed by atoms with Gasteiger partial charge in [-0.05, 0) is 78.6 Å². The third kappa shape index (κ3) is 4.21. The van der Waals surface area contributed by atoms with Crippen LogP contribution in [-0.4, -0.2) is 23.8 Å². The van der Waals surface area contributed by atoms with E-state index in [-0.39, 0.29) is 17.8 Å². The van der Waals surface area contributed by atoms with Crippen LogP contribution in [0, 0.1) is 11.3 Å². The van der Waals surface area contributed by atoms with Gasteiger partial charge >= 0.3 is 0 Å². The number of rotatable bonds is 6. The number of nitrogens with zero attached hydrogens (tertiary/aromatic N) is 1. The maximum atomic E-state index is 13.3. The molecule has 166 valence electrons. The van der Waals surface area contributed by atoms with E-state index < -0.39 is 5.54 Å². The molecular formula is C25H29N5OS. The second-order valence-corrected chi connectivity index (χ2v) is 9.50. The van der Waals surface area contributed by atoms with E-state index in [2.05, 4.69) is 22.8 Å². The van der Waals surface area contributed by atoms with Crippen molar-refractivity contribution in [2.24, 2.45) is 5.92 Å². The molecule has 0 bridgehead atoms. The number of carbonyl (C=O) groups excluding carboxylic acids is 1. The summed E-state index contributed by atoms with van der Waals surface area (Å²) >= 11 is 1.61. The minimum Gasteiger partial charge on any atom is -0.399 e. The van der Waals surface area contributed by atoms with Crippen molar-refractivity contribution in [2.45, 2.75) is 31.7 Å². The molecule has 0 saturated carbocycles. The van der Waals surface area contributed by atoms with Crippen LogP contribution in [0.25, 0.3) is 11.1 Å². The Labute approximate surface area is 192 Å². The number of thiophene rings is 1. The smallest absolute Gasteiger partial charge is 0.234 e. The van der Waals surface area contributed by atoms with Gasteiger partial charge in [-0.1, -0.05) is 24.3 Å². The van der Waals surface area contributed by atoms with Crippen LogP contribution < -0.4 is 16.8 Å². The number of nitrogen functional groups attached to an aromatic ring is 2. The summed E-state index contributed by atoms with van der Waals surface area (Å²) in [6.07, 6.45) is 2.41. The van der Waals surface area contributed by atoms with Gasteiger partial charge < -0.3 is 16.8 Å². The molecule has 0 radical (unpaired) electrons. The zero-order chi connectivity index (χ0) is 22.9. The van der Waals surface area contributed by atoms with E-state index >= 15 is 0 Å². The number of benzene rings is 2. The van der Waals surface area contributed by atoms with Crippen LogP contribution in [0.5, 0.6) is 0 Å².